The van der Waals surface area contributed by atoms with Gasteiger partial charge in [-0.3, -0.25) is 0 Å². The predicted octanol–water partition coefficient (Wildman–Crippen LogP) is 1.47. The van der Waals surface area contributed by atoms with Gasteiger partial charge in [-0.05, 0) is 36.4 Å². The van der Waals surface area contributed by atoms with Crippen LogP contribution in [0.1, 0.15) is 6.92 Å². The number of rotatable bonds is 6. The van der Waals surface area contributed by atoms with Crippen molar-refractivity contribution in [2.45, 2.75) is 11.8 Å². The molecule has 8 nitrogen and oxygen atoms in total. The lowest BCUT2D eigenvalue weighted by Gasteiger charge is -2.23. The summed E-state index contributed by atoms with van der Waals surface area (Å²) in [5.41, 5.74) is 0.433. The largest absolute Gasteiger partial charge is 0.465 e. The van der Waals surface area contributed by atoms with Crippen LogP contribution in [0.2, 0.25) is 0 Å². The lowest BCUT2D eigenvalue weighted by molar-refractivity contribution is -0.139. The molecule has 0 radical (unpaired) electrons. The van der Waals surface area contributed by atoms with E-state index >= 15 is 0 Å². The third kappa shape index (κ3) is 4.44. The first-order valence-corrected chi connectivity index (χ1v) is 9.48. The number of esters is 2. The Hall–Kier alpha value is -2.91. The van der Waals surface area contributed by atoms with Gasteiger partial charge in [-0.1, -0.05) is 13.0 Å². The van der Waals surface area contributed by atoms with Crippen molar-refractivity contribution in [1.29, 1.82) is 0 Å². The Labute approximate surface area is 157 Å². The van der Waals surface area contributed by atoms with E-state index in [2.05, 4.69) is 4.72 Å². The molecule has 1 aliphatic rings. The number of nitrogens with one attached hydrogen (secondary N) is 1. The van der Waals surface area contributed by atoms with Gasteiger partial charge in [-0.25, -0.2) is 22.7 Å². The molecule has 0 fully saturated rings. The zero-order valence-corrected chi connectivity index (χ0v) is 15.9. The number of hydrogen-bond acceptors (Lipinski definition) is 7. The minimum atomic E-state index is -3.60. The molecule has 0 saturated carbocycles. The van der Waals surface area contributed by atoms with Crippen LogP contribution in [0, 0.1) is 0 Å². The molecule has 1 aliphatic heterocycles. The molecular formula is C18H20N2O6S. The molecule has 9 heteroatoms. The van der Waals surface area contributed by atoms with E-state index in [1.54, 1.807) is 25.3 Å². The van der Waals surface area contributed by atoms with Crippen molar-refractivity contribution >= 4 is 27.6 Å². The van der Waals surface area contributed by atoms with E-state index in [0.717, 1.165) is 0 Å². The average Bonchev–Trinajstić information content (AvgIpc) is 2.89. The fourth-order valence-electron chi connectivity index (χ4n) is 2.42. The highest BCUT2D eigenvalue weighted by molar-refractivity contribution is 7.89. The first kappa shape index (κ1) is 20.4. The Kier molecular flexibility index (Phi) is 6.54. The highest BCUT2D eigenvalue weighted by Crippen LogP contribution is 2.27. The summed E-state index contributed by atoms with van der Waals surface area (Å²) in [7, 11) is -1.19. The molecule has 0 saturated heterocycles. The third-order valence-electron chi connectivity index (χ3n) is 3.65. The van der Waals surface area contributed by atoms with Crippen LogP contribution in [-0.2, 0) is 29.1 Å². The summed E-state index contributed by atoms with van der Waals surface area (Å²) >= 11 is 0. The van der Waals surface area contributed by atoms with Crippen molar-refractivity contribution in [2.24, 2.45) is 0 Å². The lowest BCUT2D eigenvalue weighted by atomic mass is 10.1. The summed E-state index contributed by atoms with van der Waals surface area (Å²) in [5.74, 6) is -1.44. The smallest absolute Gasteiger partial charge is 0.355 e. The van der Waals surface area contributed by atoms with Gasteiger partial charge in [0.25, 0.3) is 0 Å². The van der Waals surface area contributed by atoms with Crippen LogP contribution in [-0.4, -0.2) is 41.1 Å². The summed E-state index contributed by atoms with van der Waals surface area (Å²) in [4.78, 5) is 26.0. The maximum atomic E-state index is 12.3. The number of allylic oxidation sites excluding steroid dienone is 2. The zero-order chi connectivity index (χ0) is 20.0. The Morgan fingerprint density at radius 2 is 1.67 bits per heavy atom. The summed E-state index contributed by atoms with van der Waals surface area (Å²) < 4.78 is 36.1. The van der Waals surface area contributed by atoms with Gasteiger partial charge in [0.05, 0.1) is 24.7 Å². The summed E-state index contributed by atoms with van der Waals surface area (Å²) in [6, 6.07) is 5.87. The first-order valence-electron chi connectivity index (χ1n) is 8.00. The van der Waals surface area contributed by atoms with Gasteiger partial charge in [0.2, 0.25) is 10.0 Å². The van der Waals surface area contributed by atoms with Gasteiger partial charge < -0.3 is 14.4 Å². The molecule has 0 bridgehead atoms. The normalized spacial score (nSPS) is 14.1. The molecule has 1 aromatic rings. The van der Waals surface area contributed by atoms with E-state index in [0.29, 0.717) is 5.69 Å². The maximum Gasteiger partial charge on any atom is 0.355 e. The van der Waals surface area contributed by atoms with E-state index in [1.807, 2.05) is 0 Å². The van der Waals surface area contributed by atoms with Crippen molar-refractivity contribution in [3.8, 4) is 0 Å². The quantitative estimate of drug-likeness (QED) is 0.732. The molecular weight excluding hydrogens is 372 g/mol. The second-order valence-corrected chi connectivity index (χ2v) is 7.08. The molecule has 0 atom stereocenters. The lowest BCUT2D eigenvalue weighted by Crippen LogP contribution is -2.27. The van der Waals surface area contributed by atoms with Crippen LogP contribution in [0.3, 0.4) is 0 Å². The van der Waals surface area contributed by atoms with Crippen LogP contribution >= 0.6 is 0 Å². The summed E-state index contributed by atoms with van der Waals surface area (Å²) in [6.07, 6.45) is 6.21. The number of carbonyl (C=O) groups is 2. The Balaban J connectivity index is 2.54. The minimum absolute atomic E-state index is 0.0127. The molecule has 1 aromatic carbocycles. The van der Waals surface area contributed by atoms with E-state index in [9.17, 15) is 18.0 Å². The van der Waals surface area contributed by atoms with Crippen molar-refractivity contribution in [3.05, 3.63) is 60.0 Å². The standard InChI is InChI=1S/C18H20N2O6S/c1-4-19-27(23,24)14-10-8-13(9-11-14)20-12-6-5-7-15(17(21)25-2)16(20)18(22)26-3/h5-12,19H,4H2,1-3H3. The number of ether oxygens (including phenoxy) is 2. The van der Waals surface area contributed by atoms with Gasteiger partial charge in [0.15, 0.2) is 0 Å². The molecule has 0 aliphatic carbocycles. The van der Waals surface area contributed by atoms with Gasteiger partial charge >= 0.3 is 11.9 Å². The molecule has 0 amide bonds. The highest BCUT2D eigenvalue weighted by Gasteiger charge is 2.27. The topological polar surface area (TPSA) is 102 Å². The van der Waals surface area contributed by atoms with Crippen molar-refractivity contribution in [1.82, 2.24) is 4.72 Å². The molecule has 27 heavy (non-hydrogen) atoms. The minimum Gasteiger partial charge on any atom is -0.465 e. The van der Waals surface area contributed by atoms with Crippen LogP contribution in [0.15, 0.2) is 64.9 Å². The second kappa shape index (κ2) is 8.65. The predicted molar refractivity (Wildman–Crippen MR) is 99.1 cm³/mol. The fourth-order valence-corrected chi connectivity index (χ4v) is 3.47. The average molecular weight is 392 g/mol. The monoisotopic (exact) mass is 392 g/mol. The highest BCUT2D eigenvalue weighted by atomic mass is 32.2. The number of benzene rings is 1. The van der Waals surface area contributed by atoms with Gasteiger partial charge in [0, 0.05) is 18.4 Å². The van der Waals surface area contributed by atoms with Crippen molar-refractivity contribution in [3.63, 3.8) is 0 Å². The summed E-state index contributed by atoms with van der Waals surface area (Å²) in [6.45, 7) is 1.95. The van der Waals surface area contributed by atoms with Gasteiger partial charge in [0.1, 0.15) is 5.70 Å². The van der Waals surface area contributed by atoms with Crippen LogP contribution in [0.4, 0.5) is 5.69 Å². The van der Waals surface area contributed by atoms with E-state index in [4.69, 9.17) is 9.47 Å². The number of hydrogen-bond donors (Lipinski definition) is 1. The summed E-state index contributed by atoms with van der Waals surface area (Å²) in [5, 5.41) is 0. The van der Waals surface area contributed by atoms with E-state index in [-0.39, 0.29) is 22.7 Å². The Morgan fingerprint density at radius 1 is 1.04 bits per heavy atom. The second-order valence-electron chi connectivity index (χ2n) is 5.31. The number of sulfonamides is 1. The molecule has 144 valence electrons. The molecule has 2 rings (SSSR count). The molecule has 1 N–H and O–H groups in total. The molecule has 1 heterocycles. The van der Waals surface area contributed by atoms with Crippen LogP contribution in [0.5, 0.6) is 0 Å². The maximum absolute atomic E-state index is 12.3. The Morgan fingerprint density at radius 3 is 2.22 bits per heavy atom. The SMILES string of the molecule is CCNS(=O)(=O)c1ccc(N2C=CC=CC(C(=O)OC)=C2C(=O)OC)cc1. The number of carbonyl (C=O) groups excluding carboxylic acids is 2. The van der Waals surface area contributed by atoms with Crippen LogP contribution < -0.4 is 9.62 Å². The van der Waals surface area contributed by atoms with Gasteiger partial charge in [-0.2, -0.15) is 0 Å². The molecule has 0 spiro atoms. The van der Waals surface area contributed by atoms with Gasteiger partial charge in [-0.15, -0.1) is 0 Å². The fraction of sp³-hybridized carbons (Fsp3) is 0.222. The molecule has 0 unspecified atom stereocenters. The Bertz CT molecular complexity index is 914. The number of nitrogens with zero attached hydrogens (tertiary/aromatic N) is 1. The zero-order valence-electron chi connectivity index (χ0n) is 15.1. The number of anilines is 1. The number of methoxy groups -OCH3 is 2. The van der Waals surface area contributed by atoms with Crippen LogP contribution in [0.25, 0.3) is 0 Å². The third-order valence-corrected chi connectivity index (χ3v) is 5.21. The van der Waals surface area contributed by atoms with Crippen molar-refractivity contribution < 1.29 is 27.5 Å². The van der Waals surface area contributed by atoms with E-state index in [1.165, 1.54) is 49.5 Å². The van der Waals surface area contributed by atoms with E-state index < -0.39 is 22.0 Å². The van der Waals surface area contributed by atoms with Crippen molar-refractivity contribution in [2.75, 3.05) is 25.7 Å². The molecule has 0 aromatic heterocycles. The first-order chi connectivity index (χ1) is 12.9.